The maximum Gasteiger partial charge on any atom is 0.224 e. The SMILES string of the molecule is COc1ccc([C@@H]2CC(=O)C3=C(C2)Nc2ccccc2N(C(C)=O)[C@@H]3c2ccc(Cl)cc2)cc1OC. The number of rotatable bonds is 4. The van der Waals surface area contributed by atoms with Crippen LogP contribution in [0.3, 0.4) is 0 Å². The summed E-state index contributed by atoms with van der Waals surface area (Å²) in [6.45, 7) is 1.53. The number of methoxy groups -OCH3 is 2. The van der Waals surface area contributed by atoms with E-state index in [0.29, 0.717) is 34.9 Å². The first-order chi connectivity index (χ1) is 17.4. The average Bonchev–Trinajstić information content (AvgIpc) is 3.03. The zero-order valence-corrected chi connectivity index (χ0v) is 21.1. The number of anilines is 2. The number of halogens is 1. The van der Waals surface area contributed by atoms with Gasteiger partial charge in [0.25, 0.3) is 0 Å². The standard InChI is InChI=1S/C29H27ClN2O4/c1-17(33)32-24-7-5-4-6-22(24)31-23-14-20(19-10-13-26(35-2)27(16-19)36-3)15-25(34)28(23)29(32)18-8-11-21(30)12-9-18/h4-13,16,20,29,31H,14-15H2,1-3H3/t20-,29+/m0/s1. The highest BCUT2D eigenvalue weighted by molar-refractivity contribution is 6.30. The number of hydrogen-bond donors (Lipinski definition) is 1. The van der Waals surface area contributed by atoms with Crippen molar-refractivity contribution in [3.8, 4) is 11.5 Å². The summed E-state index contributed by atoms with van der Waals surface area (Å²) >= 11 is 6.17. The van der Waals surface area contributed by atoms with E-state index < -0.39 is 6.04 Å². The normalized spacial score (nSPS) is 19.1. The van der Waals surface area contributed by atoms with Gasteiger partial charge in [-0.25, -0.2) is 0 Å². The summed E-state index contributed by atoms with van der Waals surface area (Å²) in [6, 6.07) is 20.2. The molecule has 0 bridgehead atoms. The minimum absolute atomic E-state index is 0.00235. The van der Waals surface area contributed by atoms with Gasteiger partial charge in [-0.05, 0) is 59.9 Å². The molecule has 0 unspecified atom stereocenters. The van der Waals surface area contributed by atoms with Gasteiger partial charge in [-0.3, -0.25) is 14.5 Å². The van der Waals surface area contributed by atoms with Gasteiger partial charge in [0.1, 0.15) is 0 Å². The molecule has 36 heavy (non-hydrogen) atoms. The van der Waals surface area contributed by atoms with E-state index in [1.807, 2.05) is 54.6 Å². The van der Waals surface area contributed by atoms with Crippen molar-refractivity contribution in [3.63, 3.8) is 0 Å². The van der Waals surface area contributed by atoms with E-state index in [-0.39, 0.29) is 17.6 Å². The number of allylic oxidation sites excluding steroid dienone is 1. The number of carbonyl (C=O) groups excluding carboxylic acids is 2. The Morgan fingerprint density at radius 3 is 2.33 bits per heavy atom. The van der Waals surface area contributed by atoms with E-state index in [0.717, 1.165) is 28.2 Å². The smallest absolute Gasteiger partial charge is 0.224 e. The first-order valence-corrected chi connectivity index (χ1v) is 12.2. The Balaban J connectivity index is 1.66. The number of nitrogens with one attached hydrogen (secondary N) is 1. The van der Waals surface area contributed by atoms with Crippen LogP contribution in [0.5, 0.6) is 11.5 Å². The van der Waals surface area contributed by atoms with Gasteiger partial charge in [-0.2, -0.15) is 0 Å². The monoisotopic (exact) mass is 502 g/mol. The van der Waals surface area contributed by atoms with Crippen molar-refractivity contribution in [3.05, 3.63) is 94.1 Å². The second-order valence-corrected chi connectivity index (χ2v) is 9.46. The van der Waals surface area contributed by atoms with Gasteiger partial charge >= 0.3 is 0 Å². The summed E-state index contributed by atoms with van der Waals surface area (Å²) in [4.78, 5) is 28.7. The highest BCUT2D eigenvalue weighted by atomic mass is 35.5. The number of benzene rings is 3. The second-order valence-electron chi connectivity index (χ2n) is 9.02. The average molecular weight is 503 g/mol. The zero-order chi connectivity index (χ0) is 25.4. The molecule has 1 aliphatic heterocycles. The largest absolute Gasteiger partial charge is 0.493 e. The number of hydrogen-bond acceptors (Lipinski definition) is 5. The fourth-order valence-electron chi connectivity index (χ4n) is 5.24. The molecule has 1 aliphatic carbocycles. The lowest BCUT2D eigenvalue weighted by Crippen LogP contribution is -2.37. The molecule has 0 saturated carbocycles. The van der Waals surface area contributed by atoms with E-state index in [2.05, 4.69) is 5.32 Å². The van der Waals surface area contributed by atoms with Gasteiger partial charge in [0.05, 0.1) is 31.6 Å². The van der Waals surface area contributed by atoms with Crippen LogP contribution in [0.4, 0.5) is 11.4 Å². The summed E-state index contributed by atoms with van der Waals surface area (Å²) in [5.74, 6) is 1.08. The van der Waals surface area contributed by atoms with E-state index in [4.69, 9.17) is 21.1 Å². The van der Waals surface area contributed by atoms with Crippen LogP contribution in [0.15, 0.2) is 78.0 Å². The fraction of sp³-hybridized carbons (Fsp3) is 0.241. The van der Waals surface area contributed by atoms with Crippen LogP contribution in [0.25, 0.3) is 0 Å². The predicted octanol–water partition coefficient (Wildman–Crippen LogP) is 6.28. The highest BCUT2D eigenvalue weighted by Crippen LogP contribution is 2.48. The Labute approximate surface area is 215 Å². The van der Waals surface area contributed by atoms with E-state index >= 15 is 0 Å². The summed E-state index contributed by atoms with van der Waals surface area (Å²) in [5, 5.41) is 4.12. The molecule has 1 heterocycles. The van der Waals surface area contributed by atoms with Gasteiger partial charge in [0, 0.05) is 29.6 Å². The molecule has 6 nitrogen and oxygen atoms in total. The molecule has 2 aliphatic rings. The first-order valence-electron chi connectivity index (χ1n) is 11.8. The van der Waals surface area contributed by atoms with Gasteiger partial charge in [0.2, 0.25) is 5.91 Å². The number of ether oxygens (including phenoxy) is 2. The lowest BCUT2D eigenvalue weighted by molar-refractivity contribution is -0.117. The summed E-state index contributed by atoms with van der Waals surface area (Å²) in [6.07, 6.45) is 0.933. The topological polar surface area (TPSA) is 67.9 Å². The van der Waals surface area contributed by atoms with E-state index in [1.165, 1.54) is 6.92 Å². The summed E-state index contributed by atoms with van der Waals surface area (Å²) in [5.41, 5.74) is 4.78. The van der Waals surface area contributed by atoms with Crippen LogP contribution in [0.1, 0.15) is 42.9 Å². The van der Waals surface area contributed by atoms with Crippen molar-refractivity contribution in [2.24, 2.45) is 0 Å². The molecule has 0 spiro atoms. The maximum atomic E-state index is 13.9. The molecule has 5 rings (SSSR count). The van der Waals surface area contributed by atoms with E-state index in [9.17, 15) is 9.59 Å². The van der Waals surface area contributed by atoms with Crippen LogP contribution in [0.2, 0.25) is 5.02 Å². The van der Waals surface area contributed by atoms with Crippen molar-refractivity contribution >= 4 is 34.7 Å². The Hall–Kier alpha value is -3.77. The Morgan fingerprint density at radius 1 is 0.944 bits per heavy atom. The first kappa shape index (κ1) is 23.9. The van der Waals surface area contributed by atoms with Crippen LogP contribution in [-0.4, -0.2) is 25.9 Å². The molecular formula is C29H27ClN2O4. The molecule has 1 amide bonds. The van der Waals surface area contributed by atoms with Crippen molar-refractivity contribution in [2.75, 3.05) is 24.4 Å². The van der Waals surface area contributed by atoms with Gasteiger partial charge in [0.15, 0.2) is 17.3 Å². The fourth-order valence-corrected chi connectivity index (χ4v) is 5.37. The summed E-state index contributed by atoms with van der Waals surface area (Å²) < 4.78 is 10.9. The number of nitrogens with zero attached hydrogens (tertiary/aromatic N) is 1. The quantitative estimate of drug-likeness (QED) is 0.455. The molecule has 0 aromatic heterocycles. The highest BCUT2D eigenvalue weighted by Gasteiger charge is 2.40. The molecule has 0 fully saturated rings. The molecule has 0 saturated heterocycles. The van der Waals surface area contributed by atoms with Crippen LogP contribution in [-0.2, 0) is 9.59 Å². The molecule has 3 aromatic rings. The van der Waals surface area contributed by atoms with Crippen molar-refractivity contribution in [1.29, 1.82) is 0 Å². The van der Waals surface area contributed by atoms with Crippen LogP contribution >= 0.6 is 11.6 Å². The van der Waals surface area contributed by atoms with Crippen molar-refractivity contribution in [2.45, 2.75) is 31.7 Å². The van der Waals surface area contributed by atoms with E-state index in [1.54, 1.807) is 31.3 Å². The minimum atomic E-state index is -0.565. The van der Waals surface area contributed by atoms with Gasteiger partial charge in [-0.1, -0.05) is 41.9 Å². The number of amides is 1. The van der Waals surface area contributed by atoms with Gasteiger partial charge < -0.3 is 14.8 Å². The molecule has 2 atom stereocenters. The Kier molecular flexibility index (Phi) is 6.46. The number of Topliss-reactive ketones (excluding diaryl/α,β-unsaturated/α-hetero) is 1. The maximum absolute atomic E-state index is 13.9. The van der Waals surface area contributed by atoms with Crippen LogP contribution < -0.4 is 19.7 Å². The number of carbonyl (C=O) groups is 2. The third-order valence-corrected chi connectivity index (χ3v) is 7.14. The number of ketones is 1. The lowest BCUT2D eigenvalue weighted by atomic mass is 9.78. The number of para-hydroxylation sites is 2. The Bertz CT molecular complexity index is 1370. The van der Waals surface area contributed by atoms with Crippen molar-refractivity contribution < 1.29 is 19.1 Å². The molecule has 0 radical (unpaired) electrons. The third kappa shape index (κ3) is 4.22. The van der Waals surface area contributed by atoms with Gasteiger partial charge in [-0.15, -0.1) is 0 Å². The molecule has 184 valence electrons. The molecule has 1 N–H and O–H groups in total. The minimum Gasteiger partial charge on any atom is -0.493 e. The predicted molar refractivity (Wildman–Crippen MR) is 141 cm³/mol. The van der Waals surface area contributed by atoms with Crippen molar-refractivity contribution in [1.82, 2.24) is 0 Å². The second kappa shape index (κ2) is 9.70. The third-order valence-electron chi connectivity index (χ3n) is 6.89. The Morgan fingerprint density at radius 2 is 1.64 bits per heavy atom. The lowest BCUT2D eigenvalue weighted by Gasteiger charge is -2.34. The number of fused-ring (bicyclic) bond motifs is 1. The molecule has 3 aromatic carbocycles. The molecule has 7 heteroatoms. The van der Waals surface area contributed by atoms with Crippen LogP contribution in [0, 0.1) is 0 Å². The summed E-state index contributed by atoms with van der Waals surface area (Å²) in [7, 11) is 3.20. The zero-order valence-electron chi connectivity index (χ0n) is 20.4. The molecular weight excluding hydrogens is 476 g/mol.